The molecule has 3 rings (SSSR count). The van der Waals surface area contributed by atoms with Crippen LogP contribution in [-0.4, -0.2) is 43.9 Å². The number of nitrogens with one attached hydrogen (secondary N) is 1. The zero-order valence-electron chi connectivity index (χ0n) is 14.0. The number of aliphatic hydroxyl groups excluding tert-OH is 1. The molecular weight excluding hydrogens is 406 g/mol. The number of nitrogens with zero attached hydrogens (tertiary/aromatic N) is 3. The van der Waals surface area contributed by atoms with Crippen molar-refractivity contribution < 1.29 is 14.6 Å². The zero-order chi connectivity index (χ0) is 18.7. The average molecular weight is 424 g/mol. The van der Waals surface area contributed by atoms with Crippen LogP contribution in [0.1, 0.15) is 5.56 Å². The minimum Gasteiger partial charge on any atom is -0.491 e. The van der Waals surface area contributed by atoms with Gasteiger partial charge in [0.1, 0.15) is 25.2 Å². The Morgan fingerprint density at radius 1 is 1.35 bits per heavy atom. The van der Waals surface area contributed by atoms with Crippen molar-refractivity contribution in [2.24, 2.45) is 0 Å². The Morgan fingerprint density at radius 2 is 2.08 bits per heavy atom. The topological polar surface area (TPSA) is 128 Å². The van der Waals surface area contributed by atoms with Crippen molar-refractivity contribution >= 4 is 33.0 Å². The Morgan fingerprint density at radius 3 is 2.77 bits per heavy atom. The highest BCUT2D eigenvalue weighted by Crippen LogP contribution is 2.17. The Hall–Kier alpha value is -2.43. The van der Waals surface area contributed by atoms with E-state index in [2.05, 4.69) is 30.9 Å². The van der Waals surface area contributed by atoms with E-state index in [-0.39, 0.29) is 37.1 Å². The summed E-state index contributed by atoms with van der Waals surface area (Å²) in [4.78, 5) is 22.4. The van der Waals surface area contributed by atoms with Crippen LogP contribution in [0.4, 0.5) is 5.95 Å². The number of aliphatic hydroxyl groups is 1. The number of rotatable bonds is 7. The molecule has 0 bridgehead atoms. The zero-order valence-corrected chi connectivity index (χ0v) is 15.6. The maximum absolute atomic E-state index is 11.9. The summed E-state index contributed by atoms with van der Waals surface area (Å²) in [6.45, 7) is 1.93. The molecule has 0 fully saturated rings. The van der Waals surface area contributed by atoms with Gasteiger partial charge in [0, 0.05) is 0 Å². The molecular formula is C16H18BrN5O4. The second kappa shape index (κ2) is 7.85. The lowest BCUT2D eigenvalue weighted by Crippen LogP contribution is -2.27. The van der Waals surface area contributed by atoms with Crippen molar-refractivity contribution in [3.63, 3.8) is 0 Å². The molecule has 0 spiro atoms. The number of fused-ring (bicyclic) bond motifs is 1. The van der Waals surface area contributed by atoms with Crippen LogP contribution in [-0.2, 0) is 11.5 Å². The number of H-pyrrole nitrogens is 1. The van der Waals surface area contributed by atoms with Gasteiger partial charge in [0.15, 0.2) is 15.9 Å². The lowest BCUT2D eigenvalue weighted by atomic mass is 10.2. The lowest BCUT2D eigenvalue weighted by Gasteiger charge is -2.17. The van der Waals surface area contributed by atoms with Crippen LogP contribution in [0.15, 0.2) is 33.8 Å². The molecule has 0 aliphatic carbocycles. The first-order valence-corrected chi connectivity index (χ1v) is 8.60. The number of hydrogen-bond acceptors (Lipinski definition) is 7. The standard InChI is InChI=1S/C16H18BrN5O4/c1-9-2-4-10(5-3-9)25-7-11(6-23)26-8-22-13-12(19-15(22)17)14(24)21-16(18)20-13/h2-5,11,23H,6-8H2,1H3,(H3,18,20,21,24). The van der Waals surface area contributed by atoms with Crippen LogP contribution in [0.5, 0.6) is 5.75 Å². The Balaban J connectivity index is 1.68. The van der Waals surface area contributed by atoms with Crippen molar-refractivity contribution in [1.29, 1.82) is 0 Å². The van der Waals surface area contributed by atoms with Crippen molar-refractivity contribution in [3.05, 3.63) is 44.9 Å². The highest BCUT2D eigenvalue weighted by atomic mass is 79.9. The van der Waals surface area contributed by atoms with E-state index in [1.807, 2.05) is 31.2 Å². The molecule has 1 atom stereocenters. The summed E-state index contributed by atoms with van der Waals surface area (Å²) in [5.41, 5.74) is 6.71. The van der Waals surface area contributed by atoms with E-state index in [1.165, 1.54) is 4.57 Å². The summed E-state index contributed by atoms with van der Waals surface area (Å²) >= 11 is 3.27. The molecule has 0 saturated heterocycles. The predicted molar refractivity (Wildman–Crippen MR) is 98.9 cm³/mol. The third-order valence-electron chi connectivity index (χ3n) is 3.68. The van der Waals surface area contributed by atoms with E-state index >= 15 is 0 Å². The Bertz CT molecular complexity index is 954. The molecule has 9 nitrogen and oxygen atoms in total. The summed E-state index contributed by atoms with van der Waals surface area (Å²) in [5, 5.41) is 9.52. The van der Waals surface area contributed by atoms with Gasteiger partial charge in [0.2, 0.25) is 5.95 Å². The van der Waals surface area contributed by atoms with Gasteiger partial charge < -0.3 is 20.3 Å². The number of nitrogen functional groups attached to an aromatic ring is 1. The van der Waals surface area contributed by atoms with Crippen molar-refractivity contribution in [2.75, 3.05) is 18.9 Å². The van der Waals surface area contributed by atoms with Gasteiger partial charge in [-0.25, -0.2) is 4.98 Å². The third kappa shape index (κ3) is 4.03. The minimum absolute atomic E-state index is 0.00939. The second-order valence-electron chi connectivity index (χ2n) is 5.66. The van der Waals surface area contributed by atoms with Crippen LogP contribution < -0.4 is 16.0 Å². The van der Waals surface area contributed by atoms with Gasteiger partial charge in [-0.15, -0.1) is 0 Å². The number of nitrogens with two attached hydrogens (primary N) is 1. The quantitative estimate of drug-likeness (QED) is 0.486. The largest absolute Gasteiger partial charge is 0.491 e. The van der Waals surface area contributed by atoms with Crippen molar-refractivity contribution in [2.45, 2.75) is 19.8 Å². The number of hydrogen-bond donors (Lipinski definition) is 3. The molecule has 0 aliphatic rings. The van der Waals surface area contributed by atoms with Gasteiger partial charge in [-0.05, 0) is 35.0 Å². The first-order chi connectivity index (χ1) is 12.5. The number of imidazole rings is 1. The highest BCUT2D eigenvalue weighted by molar-refractivity contribution is 9.10. The fraction of sp³-hybridized carbons (Fsp3) is 0.312. The molecule has 2 heterocycles. The molecule has 3 aromatic rings. The highest BCUT2D eigenvalue weighted by Gasteiger charge is 2.16. The summed E-state index contributed by atoms with van der Waals surface area (Å²) in [6, 6.07) is 7.57. The van der Waals surface area contributed by atoms with Crippen LogP contribution in [0.25, 0.3) is 11.2 Å². The molecule has 1 unspecified atom stereocenters. The molecule has 0 radical (unpaired) electrons. The third-order valence-corrected chi connectivity index (χ3v) is 4.28. The number of anilines is 1. The van der Waals surface area contributed by atoms with E-state index in [0.29, 0.717) is 10.5 Å². The van der Waals surface area contributed by atoms with Crippen LogP contribution in [0.3, 0.4) is 0 Å². The van der Waals surface area contributed by atoms with Gasteiger partial charge in [-0.3, -0.25) is 14.3 Å². The number of ether oxygens (including phenoxy) is 2. The fourth-order valence-electron chi connectivity index (χ4n) is 2.27. The molecule has 1 aromatic carbocycles. The number of benzene rings is 1. The summed E-state index contributed by atoms with van der Waals surface area (Å²) < 4.78 is 13.2. The van der Waals surface area contributed by atoms with E-state index in [0.717, 1.165) is 5.56 Å². The molecule has 0 aliphatic heterocycles. The van der Waals surface area contributed by atoms with Gasteiger partial charge in [0.05, 0.1) is 6.61 Å². The smallest absolute Gasteiger partial charge is 0.280 e. The van der Waals surface area contributed by atoms with Gasteiger partial charge in [-0.2, -0.15) is 4.98 Å². The Labute approximate surface area is 156 Å². The SMILES string of the molecule is Cc1ccc(OCC(CO)OCn2c(Br)nc3c(=O)[nH]c(N)nc32)cc1. The number of halogens is 1. The van der Waals surface area contributed by atoms with E-state index < -0.39 is 11.7 Å². The van der Waals surface area contributed by atoms with Crippen molar-refractivity contribution in [3.8, 4) is 5.75 Å². The molecule has 4 N–H and O–H groups in total. The number of aromatic amines is 1. The van der Waals surface area contributed by atoms with E-state index in [1.54, 1.807) is 0 Å². The van der Waals surface area contributed by atoms with E-state index in [9.17, 15) is 9.90 Å². The monoisotopic (exact) mass is 423 g/mol. The first-order valence-electron chi connectivity index (χ1n) is 7.81. The normalized spacial score (nSPS) is 12.4. The molecule has 0 amide bonds. The second-order valence-corrected chi connectivity index (χ2v) is 6.37. The van der Waals surface area contributed by atoms with Gasteiger partial charge in [-0.1, -0.05) is 17.7 Å². The first kappa shape index (κ1) is 18.4. The molecule has 10 heteroatoms. The average Bonchev–Trinajstić information content (AvgIpc) is 2.93. The lowest BCUT2D eigenvalue weighted by molar-refractivity contribution is -0.0444. The summed E-state index contributed by atoms with van der Waals surface area (Å²) in [5.74, 6) is 0.672. The van der Waals surface area contributed by atoms with Gasteiger partial charge >= 0.3 is 0 Å². The predicted octanol–water partition coefficient (Wildman–Crippen LogP) is 1.19. The molecule has 2 aromatic heterocycles. The van der Waals surface area contributed by atoms with Gasteiger partial charge in [0.25, 0.3) is 5.56 Å². The fourth-order valence-corrected chi connectivity index (χ4v) is 2.72. The van der Waals surface area contributed by atoms with Crippen LogP contribution in [0.2, 0.25) is 0 Å². The molecule has 26 heavy (non-hydrogen) atoms. The molecule has 138 valence electrons. The number of aryl methyl sites for hydroxylation is 1. The van der Waals surface area contributed by atoms with Crippen LogP contribution in [0, 0.1) is 6.92 Å². The Kier molecular flexibility index (Phi) is 5.55. The summed E-state index contributed by atoms with van der Waals surface area (Å²) in [7, 11) is 0. The maximum atomic E-state index is 11.9. The molecule has 0 saturated carbocycles. The van der Waals surface area contributed by atoms with Crippen LogP contribution >= 0.6 is 15.9 Å². The summed E-state index contributed by atoms with van der Waals surface area (Å²) in [6.07, 6.45) is -0.569. The maximum Gasteiger partial charge on any atom is 0.280 e. The van der Waals surface area contributed by atoms with Crippen molar-refractivity contribution in [1.82, 2.24) is 19.5 Å². The minimum atomic E-state index is -0.569. The van der Waals surface area contributed by atoms with E-state index in [4.69, 9.17) is 15.2 Å². The number of aromatic nitrogens is 4.